The highest BCUT2D eigenvalue weighted by Crippen LogP contribution is 2.09. The number of carbonyl (C=O) groups is 1. The van der Waals surface area contributed by atoms with Crippen molar-refractivity contribution < 1.29 is 9.90 Å². The second kappa shape index (κ2) is 3.86. The van der Waals surface area contributed by atoms with Gasteiger partial charge in [0.25, 0.3) is 0 Å². The third kappa shape index (κ3) is 2.16. The summed E-state index contributed by atoms with van der Waals surface area (Å²) in [6, 6.07) is 2.92. The van der Waals surface area contributed by atoms with Gasteiger partial charge in [0.1, 0.15) is 5.82 Å². The van der Waals surface area contributed by atoms with Crippen molar-refractivity contribution in [1.29, 1.82) is 0 Å². The number of carboxylic acids is 1. The Morgan fingerprint density at radius 3 is 2.85 bits per heavy atom. The van der Waals surface area contributed by atoms with Gasteiger partial charge in [-0.1, -0.05) is 6.92 Å². The number of nitrogens with two attached hydrogens (primary N) is 1. The van der Waals surface area contributed by atoms with Crippen LogP contribution in [0, 0.1) is 0 Å². The number of hydrazine groups is 1. The van der Waals surface area contributed by atoms with Crippen LogP contribution in [0.2, 0.25) is 0 Å². The maximum atomic E-state index is 10.6. The Balaban J connectivity index is 3.14. The van der Waals surface area contributed by atoms with Crippen molar-refractivity contribution in [3.63, 3.8) is 0 Å². The first-order chi connectivity index (χ1) is 6.17. The van der Waals surface area contributed by atoms with Crippen LogP contribution in [0.5, 0.6) is 0 Å². The molecule has 1 heterocycles. The molecular formula is C8H11N3O2. The number of hydrogen-bond donors (Lipinski definition) is 3. The monoisotopic (exact) mass is 181 g/mol. The van der Waals surface area contributed by atoms with E-state index in [-0.39, 0.29) is 5.56 Å². The molecule has 0 saturated heterocycles. The molecule has 0 bridgehead atoms. The zero-order chi connectivity index (χ0) is 9.84. The van der Waals surface area contributed by atoms with Gasteiger partial charge in [0, 0.05) is 5.69 Å². The Labute approximate surface area is 75.6 Å². The van der Waals surface area contributed by atoms with Gasteiger partial charge in [-0.05, 0) is 18.6 Å². The van der Waals surface area contributed by atoms with Crippen molar-refractivity contribution in [2.45, 2.75) is 13.3 Å². The Morgan fingerprint density at radius 1 is 1.69 bits per heavy atom. The first-order valence-corrected chi connectivity index (χ1v) is 3.88. The molecule has 0 aliphatic carbocycles. The van der Waals surface area contributed by atoms with E-state index in [1.165, 1.54) is 12.1 Å². The molecule has 70 valence electrons. The largest absolute Gasteiger partial charge is 0.478 e. The molecule has 0 unspecified atom stereocenters. The van der Waals surface area contributed by atoms with E-state index in [2.05, 4.69) is 10.4 Å². The van der Waals surface area contributed by atoms with Crippen molar-refractivity contribution in [3.05, 3.63) is 23.4 Å². The molecule has 0 amide bonds. The third-order valence-corrected chi connectivity index (χ3v) is 1.64. The van der Waals surface area contributed by atoms with Gasteiger partial charge in [0.15, 0.2) is 0 Å². The molecule has 13 heavy (non-hydrogen) atoms. The minimum Gasteiger partial charge on any atom is -0.478 e. The lowest BCUT2D eigenvalue weighted by Crippen LogP contribution is -2.11. The molecular weight excluding hydrogens is 170 g/mol. The van der Waals surface area contributed by atoms with Gasteiger partial charge < -0.3 is 10.5 Å². The molecule has 0 atom stereocenters. The number of carboxylic acid groups (broad SMARTS) is 1. The molecule has 0 aliphatic heterocycles. The van der Waals surface area contributed by atoms with E-state index in [1.54, 1.807) is 0 Å². The van der Waals surface area contributed by atoms with Crippen molar-refractivity contribution in [2.24, 2.45) is 5.84 Å². The van der Waals surface area contributed by atoms with Crippen molar-refractivity contribution in [3.8, 4) is 0 Å². The molecule has 5 nitrogen and oxygen atoms in total. The average Bonchev–Trinajstić information content (AvgIpc) is 2.16. The number of nitrogens with one attached hydrogen (secondary N) is 1. The summed E-state index contributed by atoms with van der Waals surface area (Å²) in [6.45, 7) is 1.90. The van der Waals surface area contributed by atoms with Gasteiger partial charge >= 0.3 is 5.97 Å². The van der Waals surface area contributed by atoms with Crippen molar-refractivity contribution in [2.75, 3.05) is 5.43 Å². The normalized spacial score (nSPS) is 9.69. The number of aryl methyl sites for hydroxylation is 1. The van der Waals surface area contributed by atoms with Crippen LogP contribution >= 0.6 is 0 Å². The highest BCUT2D eigenvalue weighted by atomic mass is 16.4. The lowest BCUT2D eigenvalue weighted by atomic mass is 10.2. The molecule has 0 saturated carbocycles. The topological polar surface area (TPSA) is 88.2 Å². The predicted octanol–water partition coefficient (Wildman–Crippen LogP) is 0.628. The molecule has 1 rings (SSSR count). The first kappa shape index (κ1) is 9.47. The van der Waals surface area contributed by atoms with Crippen LogP contribution in [0.1, 0.15) is 23.0 Å². The molecule has 0 aromatic carbocycles. The van der Waals surface area contributed by atoms with Gasteiger partial charge in [-0.3, -0.25) is 0 Å². The van der Waals surface area contributed by atoms with Gasteiger partial charge in [-0.2, -0.15) is 0 Å². The second-order valence-electron chi connectivity index (χ2n) is 2.54. The fourth-order valence-corrected chi connectivity index (χ4v) is 0.966. The van der Waals surface area contributed by atoms with Crippen LogP contribution in [-0.4, -0.2) is 16.1 Å². The van der Waals surface area contributed by atoms with E-state index in [0.29, 0.717) is 17.9 Å². The lowest BCUT2D eigenvalue weighted by molar-refractivity contribution is 0.0696. The number of rotatable bonds is 3. The molecule has 5 heteroatoms. The van der Waals surface area contributed by atoms with E-state index in [4.69, 9.17) is 10.9 Å². The van der Waals surface area contributed by atoms with Crippen LogP contribution in [0.4, 0.5) is 5.82 Å². The van der Waals surface area contributed by atoms with Crippen LogP contribution in [0.15, 0.2) is 12.1 Å². The SMILES string of the molecule is CCc1cc(C(=O)O)cc(NN)n1. The van der Waals surface area contributed by atoms with E-state index >= 15 is 0 Å². The van der Waals surface area contributed by atoms with E-state index in [9.17, 15) is 4.79 Å². The standard InChI is InChI=1S/C8H11N3O2/c1-2-6-3-5(8(12)13)4-7(10-6)11-9/h3-4H,2,9H2,1H3,(H,10,11)(H,12,13). The molecule has 1 aromatic rings. The molecule has 4 N–H and O–H groups in total. The number of pyridine rings is 1. The van der Waals surface area contributed by atoms with E-state index in [1.807, 2.05) is 6.92 Å². The quantitative estimate of drug-likeness (QED) is 0.470. The number of nitrogen functional groups attached to an aromatic ring is 1. The third-order valence-electron chi connectivity index (χ3n) is 1.64. The summed E-state index contributed by atoms with van der Waals surface area (Å²) < 4.78 is 0. The van der Waals surface area contributed by atoms with Gasteiger partial charge in [0.2, 0.25) is 0 Å². The molecule has 0 radical (unpaired) electrons. The summed E-state index contributed by atoms with van der Waals surface area (Å²) in [5.74, 6) is 4.53. The summed E-state index contributed by atoms with van der Waals surface area (Å²) in [7, 11) is 0. The van der Waals surface area contributed by atoms with Crippen LogP contribution in [-0.2, 0) is 6.42 Å². The summed E-state index contributed by atoms with van der Waals surface area (Å²) >= 11 is 0. The molecule has 0 spiro atoms. The summed E-state index contributed by atoms with van der Waals surface area (Å²) in [4.78, 5) is 14.7. The van der Waals surface area contributed by atoms with Gasteiger partial charge in [0.05, 0.1) is 5.56 Å². The Hall–Kier alpha value is -1.62. The molecule has 0 aliphatic rings. The first-order valence-electron chi connectivity index (χ1n) is 3.88. The fourth-order valence-electron chi connectivity index (χ4n) is 0.966. The summed E-state index contributed by atoms with van der Waals surface area (Å²) in [5.41, 5.74) is 3.22. The summed E-state index contributed by atoms with van der Waals surface area (Å²) in [5, 5.41) is 8.73. The second-order valence-corrected chi connectivity index (χ2v) is 2.54. The highest BCUT2D eigenvalue weighted by molar-refractivity contribution is 5.88. The Morgan fingerprint density at radius 2 is 2.38 bits per heavy atom. The number of anilines is 1. The van der Waals surface area contributed by atoms with Gasteiger partial charge in [-0.25, -0.2) is 15.6 Å². The zero-order valence-electron chi connectivity index (χ0n) is 7.24. The minimum atomic E-state index is -0.978. The smallest absolute Gasteiger partial charge is 0.335 e. The van der Waals surface area contributed by atoms with Crippen LogP contribution < -0.4 is 11.3 Å². The van der Waals surface area contributed by atoms with Crippen LogP contribution in [0.25, 0.3) is 0 Å². The minimum absolute atomic E-state index is 0.194. The molecule has 1 aromatic heterocycles. The maximum absolute atomic E-state index is 10.6. The summed E-state index contributed by atoms with van der Waals surface area (Å²) in [6.07, 6.45) is 0.676. The Kier molecular flexibility index (Phi) is 2.81. The highest BCUT2D eigenvalue weighted by Gasteiger charge is 2.06. The van der Waals surface area contributed by atoms with Crippen molar-refractivity contribution in [1.82, 2.24) is 4.98 Å². The number of nitrogens with zero attached hydrogens (tertiary/aromatic N) is 1. The van der Waals surface area contributed by atoms with Crippen LogP contribution in [0.3, 0.4) is 0 Å². The average molecular weight is 181 g/mol. The van der Waals surface area contributed by atoms with E-state index in [0.717, 1.165) is 0 Å². The lowest BCUT2D eigenvalue weighted by Gasteiger charge is -2.03. The fraction of sp³-hybridized carbons (Fsp3) is 0.250. The number of aromatic nitrogens is 1. The zero-order valence-corrected chi connectivity index (χ0v) is 7.24. The molecule has 0 fully saturated rings. The predicted molar refractivity (Wildman–Crippen MR) is 48.4 cm³/mol. The number of hydrogen-bond acceptors (Lipinski definition) is 4. The maximum Gasteiger partial charge on any atom is 0.335 e. The van der Waals surface area contributed by atoms with E-state index < -0.39 is 5.97 Å². The number of aromatic carboxylic acids is 1. The van der Waals surface area contributed by atoms with Gasteiger partial charge in [-0.15, -0.1) is 0 Å². The Bertz CT molecular complexity index is 303. The van der Waals surface area contributed by atoms with Crippen molar-refractivity contribution >= 4 is 11.8 Å².